The number of rotatable bonds is 6. The van der Waals surface area contributed by atoms with Crippen molar-refractivity contribution in [3.8, 4) is 0 Å². The fourth-order valence-electron chi connectivity index (χ4n) is 1.90. The van der Waals surface area contributed by atoms with Gasteiger partial charge in [-0.1, -0.05) is 0 Å². The Morgan fingerprint density at radius 3 is 2.55 bits per heavy atom. The third-order valence-corrected chi connectivity index (χ3v) is 5.12. The highest BCUT2D eigenvalue weighted by Gasteiger charge is 2.23. The Morgan fingerprint density at radius 2 is 2.09 bits per heavy atom. The van der Waals surface area contributed by atoms with Crippen LogP contribution in [0.1, 0.15) is 44.4 Å². The molecule has 0 aromatic carbocycles. The van der Waals surface area contributed by atoms with Gasteiger partial charge in [-0.05, 0) is 63.5 Å². The average molecular weight is 391 g/mol. The van der Waals surface area contributed by atoms with Gasteiger partial charge in [0.15, 0.2) is 0 Å². The van der Waals surface area contributed by atoms with Crippen molar-refractivity contribution in [2.45, 2.75) is 59.7 Å². The number of carbonyl (C=O) groups excluding carboxylic acids is 1. The first-order valence-corrected chi connectivity index (χ1v) is 9.16. The first kappa shape index (κ1) is 19.5. The number of ether oxygens (including phenoxy) is 1. The largest absolute Gasteiger partial charge is 0.444 e. The van der Waals surface area contributed by atoms with Gasteiger partial charge in [0.1, 0.15) is 5.60 Å². The summed E-state index contributed by atoms with van der Waals surface area (Å²) in [6.07, 6.45) is -0.251. The molecule has 126 valence electrons. The van der Waals surface area contributed by atoms with E-state index in [1.807, 2.05) is 34.6 Å². The van der Waals surface area contributed by atoms with E-state index in [1.54, 1.807) is 16.2 Å². The van der Waals surface area contributed by atoms with Crippen molar-refractivity contribution in [1.82, 2.24) is 10.2 Å². The summed E-state index contributed by atoms with van der Waals surface area (Å²) >= 11 is 5.31. The summed E-state index contributed by atoms with van der Waals surface area (Å²) < 4.78 is 6.61. The van der Waals surface area contributed by atoms with Crippen molar-refractivity contribution >= 4 is 33.4 Å². The maximum Gasteiger partial charge on any atom is 0.410 e. The van der Waals surface area contributed by atoms with Gasteiger partial charge in [0.25, 0.3) is 0 Å². The number of halogens is 1. The van der Waals surface area contributed by atoms with Crippen LogP contribution in [0.2, 0.25) is 0 Å². The molecule has 22 heavy (non-hydrogen) atoms. The minimum Gasteiger partial charge on any atom is -0.444 e. The molecular weight excluding hydrogens is 364 g/mol. The lowest BCUT2D eigenvalue weighted by molar-refractivity contribution is 0.0193. The van der Waals surface area contributed by atoms with Crippen LogP contribution in [0.15, 0.2) is 10.5 Å². The van der Waals surface area contributed by atoms with Gasteiger partial charge in [-0.15, -0.1) is 11.3 Å². The number of carbonyl (C=O) groups is 1. The molecule has 1 heterocycles. The van der Waals surface area contributed by atoms with E-state index in [0.29, 0.717) is 6.54 Å². The Kier molecular flexibility index (Phi) is 7.35. The molecule has 1 rings (SSSR count). The highest BCUT2D eigenvalue weighted by Crippen LogP contribution is 2.26. The molecule has 0 fully saturated rings. The van der Waals surface area contributed by atoms with E-state index >= 15 is 0 Å². The van der Waals surface area contributed by atoms with Crippen LogP contribution in [0, 0.1) is 6.92 Å². The molecule has 0 bridgehead atoms. The molecule has 1 N–H and O–H groups in total. The van der Waals surface area contributed by atoms with Gasteiger partial charge < -0.3 is 15.0 Å². The van der Waals surface area contributed by atoms with Crippen molar-refractivity contribution < 1.29 is 9.53 Å². The number of thiophene rings is 1. The first-order valence-electron chi connectivity index (χ1n) is 7.55. The fourth-order valence-corrected chi connectivity index (χ4v) is 3.47. The Bertz CT molecular complexity index is 475. The van der Waals surface area contributed by atoms with Crippen LogP contribution in [0.3, 0.4) is 0 Å². The van der Waals surface area contributed by atoms with Crippen molar-refractivity contribution in [3.05, 3.63) is 20.3 Å². The van der Waals surface area contributed by atoms with Gasteiger partial charge in [0.2, 0.25) is 0 Å². The maximum absolute atomic E-state index is 12.2. The fraction of sp³-hybridized carbons (Fsp3) is 0.688. The predicted molar refractivity (Wildman–Crippen MR) is 96.5 cm³/mol. The van der Waals surface area contributed by atoms with Crippen LogP contribution in [0.25, 0.3) is 0 Å². The van der Waals surface area contributed by atoms with E-state index in [0.717, 1.165) is 17.6 Å². The van der Waals surface area contributed by atoms with Crippen LogP contribution in [-0.2, 0) is 11.3 Å². The van der Waals surface area contributed by atoms with E-state index < -0.39 is 5.60 Å². The third-order valence-electron chi connectivity index (χ3n) is 2.99. The van der Waals surface area contributed by atoms with Crippen molar-refractivity contribution in [1.29, 1.82) is 0 Å². The molecule has 6 heteroatoms. The van der Waals surface area contributed by atoms with Gasteiger partial charge in [-0.3, -0.25) is 0 Å². The first-order chi connectivity index (χ1) is 10.1. The van der Waals surface area contributed by atoms with Crippen molar-refractivity contribution in [2.75, 3.05) is 13.1 Å². The number of hydrogen-bond acceptors (Lipinski definition) is 4. The molecule has 0 spiro atoms. The molecular formula is C16H27BrN2O2S. The Balaban J connectivity index is 2.43. The summed E-state index contributed by atoms with van der Waals surface area (Å²) in [7, 11) is 0. The zero-order valence-corrected chi connectivity index (χ0v) is 16.7. The number of hydrogen-bond donors (Lipinski definition) is 1. The molecule has 0 atom stereocenters. The van der Waals surface area contributed by atoms with Gasteiger partial charge in [-0.25, -0.2) is 4.79 Å². The SMILES string of the molecule is Cc1sc(CNCCN(C(=O)OC(C)(C)C)C(C)C)cc1Br. The number of amides is 1. The molecule has 0 aliphatic carbocycles. The molecule has 4 nitrogen and oxygen atoms in total. The van der Waals surface area contributed by atoms with E-state index in [4.69, 9.17) is 4.74 Å². The average Bonchev–Trinajstić information content (AvgIpc) is 2.65. The van der Waals surface area contributed by atoms with E-state index in [1.165, 1.54) is 9.75 Å². The normalized spacial score (nSPS) is 11.8. The highest BCUT2D eigenvalue weighted by atomic mass is 79.9. The Hall–Kier alpha value is -0.590. The van der Waals surface area contributed by atoms with Crippen LogP contribution in [-0.4, -0.2) is 35.7 Å². The molecule has 1 amide bonds. The second-order valence-corrected chi connectivity index (χ2v) is 8.76. The minimum absolute atomic E-state index is 0.120. The van der Waals surface area contributed by atoms with Crippen LogP contribution >= 0.6 is 27.3 Å². The van der Waals surface area contributed by atoms with Gasteiger partial charge in [0, 0.05) is 39.9 Å². The van der Waals surface area contributed by atoms with Gasteiger partial charge in [0.05, 0.1) is 0 Å². The molecule has 0 unspecified atom stereocenters. The number of aryl methyl sites for hydroxylation is 1. The number of nitrogens with zero attached hydrogens (tertiary/aromatic N) is 1. The smallest absolute Gasteiger partial charge is 0.410 e. The molecule has 1 aromatic rings. The summed E-state index contributed by atoms with van der Waals surface area (Å²) in [6, 6.07) is 2.26. The lowest BCUT2D eigenvalue weighted by atomic mass is 10.2. The highest BCUT2D eigenvalue weighted by molar-refractivity contribution is 9.10. The summed E-state index contributed by atoms with van der Waals surface area (Å²) in [5, 5.41) is 3.39. The molecule has 1 aromatic heterocycles. The summed E-state index contributed by atoms with van der Waals surface area (Å²) in [4.78, 5) is 16.5. The van der Waals surface area contributed by atoms with Crippen molar-refractivity contribution in [3.63, 3.8) is 0 Å². The summed E-state index contributed by atoms with van der Waals surface area (Å²) in [6.45, 7) is 14.0. The second-order valence-electron chi connectivity index (χ2n) is 6.56. The van der Waals surface area contributed by atoms with E-state index in [2.05, 4.69) is 34.2 Å². The monoisotopic (exact) mass is 390 g/mol. The summed E-state index contributed by atoms with van der Waals surface area (Å²) in [5.74, 6) is 0. The Morgan fingerprint density at radius 1 is 1.45 bits per heavy atom. The second kappa shape index (κ2) is 8.31. The summed E-state index contributed by atoms with van der Waals surface area (Å²) in [5.41, 5.74) is -0.460. The standard InChI is InChI=1S/C16H27BrN2O2S/c1-11(2)19(15(20)21-16(4,5)6)8-7-18-10-13-9-14(17)12(3)22-13/h9,11,18H,7-8,10H2,1-6H3. The molecule has 0 saturated carbocycles. The molecule has 0 saturated heterocycles. The van der Waals surface area contributed by atoms with Crippen molar-refractivity contribution in [2.24, 2.45) is 0 Å². The minimum atomic E-state index is -0.460. The van der Waals surface area contributed by atoms with Crippen LogP contribution < -0.4 is 5.32 Å². The Labute approximate surface area is 146 Å². The van der Waals surface area contributed by atoms with Gasteiger partial charge >= 0.3 is 6.09 Å². The topological polar surface area (TPSA) is 41.6 Å². The lowest BCUT2D eigenvalue weighted by Crippen LogP contribution is -2.44. The predicted octanol–water partition coefficient (Wildman–Crippen LogP) is 4.55. The van der Waals surface area contributed by atoms with Crippen LogP contribution in [0.5, 0.6) is 0 Å². The van der Waals surface area contributed by atoms with Gasteiger partial charge in [-0.2, -0.15) is 0 Å². The van der Waals surface area contributed by atoms with E-state index in [9.17, 15) is 4.79 Å². The van der Waals surface area contributed by atoms with Crippen LogP contribution in [0.4, 0.5) is 4.79 Å². The lowest BCUT2D eigenvalue weighted by Gasteiger charge is -2.30. The molecule has 0 aliphatic heterocycles. The third kappa shape index (κ3) is 6.67. The zero-order chi connectivity index (χ0) is 16.9. The molecule has 0 aliphatic rings. The van der Waals surface area contributed by atoms with E-state index in [-0.39, 0.29) is 12.1 Å². The zero-order valence-electron chi connectivity index (χ0n) is 14.3. The maximum atomic E-state index is 12.2. The quantitative estimate of drug-likeness (QED) is 0.724. The number of nitrogens with one attached hydrogen (secondary N) is 1. The molecule has 0 radical (unpaired) electrons.